The average molecular weight is 234 g/mol. The van der Waals surface area contributed by atoms with Crippen molar-refractivity contribution in [1.29, 1.82) is 0 Å². The van der Waals surface area contributed by atoms with Crippen molar-refractivity contribution in [1.82, 2.24) is 19.6 Å². The van der Waals surface area contributed by atoms with Crippen LogP contribution >= 0.6 is 0 Å². The van der Waals surface area contributed by atoms with Gasteiger partial charge in [0.15, 0.2) is 6.29 Å². The largest absolute Gasteiger partial charge is 0.466 e. The molecule has 0 unspecified atom stereocenters. The summed E-state index contributed by atoms with van der Waals surface area (Å²) in [5.41, 5.74) is 0.848. The van der Waals surface area contributed by atoms with Crippen molar-refractivity contribution >= 4 is 18.0 Å². The van der Waals surface area contributed by atoms with Crippen molar-refractivity contribution in [3.05, 3.63) is 23.8 Å². The summed E-state index contributed by atoms with van der Waals surface area (Å²) in [7, 11) is 0. The zero-order valence-electron chi connectivity index (χ0n) is 9.16. The van der Waals surface area contributed by atoms with Gasteiger partial charge in [0.05, 0.1) is 6.61 Å². The van der Waals surface area contributed by atoms with Crippen molar-refractivity contribution in [3.63, 3.8) is 0 Å². The Morgan fingerprint density at radius 3 is 3.12 bits per heavy atom. The van der Waals surface area contributed by atoms with Crippen LogP contribution in [0.3, 0.4) is 0 Å². The number of carbonyl (C=O) groups is 2. The molecule has 88 valence electrons. The maximum absolute atomic E-state index is 10.6. The smallest absolute Gasteiger partial charge is 0.302 e. The first-order chi connectivity index (χ1) is 8.19. The fourth-order valence-electron chi connectivity index (χ4n) is 1.33. The van der Waals surface area contributed by atoms with Gasteiger partial charge in [0.25, 0.3) is 5.78 Å². The first kappa shape index (κ1) is 11.2. The molecule has 0 aromatic carbocycles. The van der Waals surface area contributed by atoms with Gasteiger partial charge in [-0.15, -0.1) is 5.10 Å². The molecular weight excluding hydrogens is 224 g/mol. The summed E-state index contributed by atoms with van der Waals surface area (Å²) in [6.07, 6.45) is 4.42. The molecule has 2 rings (SSSR count). The number of nitrogens with zero attached hydrogens (tertiary/aromatic N) is 4. The van der Waals surface area contributed by atoms with Gasteiger partial charge in [0.1, 0.15) is 0 Å². The molecule has 2 aromatic heterocycles. The summed E-state index contributed by atoms with van der Waals surface area (Å²) in [5.74, 6) is 0.140. The number of esters is 1. The molecule has 0 spiro atoms. The molecule has 2 heterocycles. The topological polar surface area (TPSA) is 86.5 Å². The molecule has 0 bridgehead atoms. The highest BCUT2D eigenvalue weighted by Crippen LogP contribution is 2.02. The molecule has 0 atom stereocenters. The van der Waals surface area contributed by atoms with E-state index in [2.05, 4.69) is 15.1 Å². The minimum absolute atomic E-state index is 0.0923. The van der Waals surface area contributed by atoms with Gasteiger partial charge < -0.3 is 4.74 Å². The van der Waals surface area contributed by atoms with Gasteiger partial charge >= 0.3 is 5.97 Å². The third-order valence-electron chi connectivity index (χ3n) is 2.07. The summed E-state index contributed by atoms with van der Waals surface area (Å²) in [6.45, 7) is 1.65. The maximum Gasteiger partial charge on any atom is 0.302 e. The Bertz CT molecular complexity index is 564. The predicted octanol–water partition coefficient (Wildman–Crippen LogP) is 0.0424. The average Bonchev–Trinajstić information content (AvgIpc) is 2.70. The van der Waals surface area contributed by atoms with E-state index in [9.17, 15) is 9.59 Å². The van der Waals surface area contributed by atoms with Crippen molar-refractivity contribution in [2.45, 2.75) is 13.3 Å². The first-order valence-electron chi connectivity index (χ1n) is 4.99. The van der Waals surface area contributed by atoms with E-state index in [4.69, 9.17) is 4.74 Å². The molecular formula is C10H10N4O3. The first-order valence-corrected chi connectivity index (χ1v) is 4.99. The normalized spacial score (nSPS) is 10.4. The fourth-order valence-corrected chi connectivity index (χ4v) is 1.33. The van der Waals surface area contributed by atoms with E-state index >= 15 is 0 Å². The number of hydrogen-bond donors (Lipinski definition) is 0. The van der Waals surface area contributed by atoms with Gasteiger partial charge in [-0.1, -0.05) is 0 Å². The minimum atomic E-state index is -0.317. The number of aldehydes is 1. The van der Waals surface area contributed by atoms with Gasteiger partial charge in [-0.05, 0) is 5.56 Å². The Balaban J connectivity index is 2.13. The van der Waals surface area contributed by atoms with Gasteiger partial charge in [0.2, 0.25) is 5.82 Å². The molecule has 0 saturated carbocycles. The van der Waals surface area contributed by atoms with E-state index in [0.717, 1.165) is 5.56 Å². The van der Waals surface area contributed by atoms with Gasteiger partial charge in [-0.2, -0.15) is 4.98 Å². The third-order valence-corrected chi connectivity index (χ3v) is 2.07. The molecule has 0 aliphatic heterocycles. The number of fused-ring (bicyclic) bond motifs is 1. The Morgan fingerprint density at radius 2 is 2.41 bits per heavy atom. The standard InChI is InChI=1S/C10H10N4O3/c1-7(16)17-3-2-8-4-11-10-12-9(6-15)13-14(10)5-8/h4-6H,2-3H2,1H3. The molecule has 7 nitrogen and oxygen atoms in total. The molecule has 17 heavy (non-hydrogen) atoms. The van der Waals surface area contributed by atoms with Crippen LogP contribution in [0, 0.1) is 0 Å². The Kier molecular flexibility index (Phi) is 3.08. The van der Waals surface area contributed by atoms with Gasteiger partial charge in [0, 0.05) is 25.7 Å². The van der Waals surface area contributed by atoms with Crippen LogP contribution < -0.4 is 0 Å². The van der Waals surface area contributed by atoms with E-state index in [1.165, 1.54) is 11.4 Å². The molecule has 0 N–H and O–H groups in total. The van der Waals surface area contributed by atoms with Crippen molar-refractivity contribution in [2.75, 3.05) is 6.61 Å². The Hall–Kier alpha value is -2.31. The molecule has 0 saturated heterocycles. The van der Waals surface area contributed by atoms with Crippen LogP contribution in [0.4, 0.5) is 0 Å². The molecule has 2 aromatic rings. The minimum Gasteiger partial charge on any atom is -0.466 e. The molecule has 0 radical (unpaired) electrons. The number of hydrogen-bond acceptors (Lipinski definition) is 6. The number of rotatable bonds is 4. The molecule has 7 heteroatoms. The molecule has 0 aliphatic rings. The van der Waals surface area contributed by atoms with E-state index in [0.29, 0.717) is 18.5 Å². The second-order valence-electron chi connectivity index (χ2n) is 3.38. The summed E-state index contributed by atoms with van der Waals surface area (Å²) in [4.78, 5) is 29.0. The monoisotopic (exact) mass is 234 g/mol. The van der Waals surface area contributed by atoms with Gasteiger partial charge in [-0.3, -0.25) is 9.59 Å². The zero-order valence-corrected chi connectivity index (χ0v) is 9.16. The maximum atomic E-state index is 10.6. The Morgan fingerprint density at radius 1 is 1.59 bits per heavy atom. The number of ether oxygens (including phenoxy) is 1. The van der Waals surface area contributed by atoms with Crippen LogP contribution in [-0.2, 0) is 16.0 Å². The second-order valence-corrected chi connectivity index (χ2v) is 3.38. The van der Waals surface area contributed by atoms with Crippen LogP contribution in [0.1, 0.15) is 23.1 Å². The van der Waals surface area contributed by atoms with E-state index in [-0.39, 0.29) is 18.4 Å². The molecule has 0 amide bonds. The SMILES string of the molecule is CC(=O)OCCc1cnc2nc(C=O)nn2c1. The highest BCUT2D eigenvalue weighted by Gasteiger charge is 2.04. The highest BCUT2D eigenvalue weighted by atomic mass is 16.5. The van der Waals surface area contributed by atoms with Crippen molar-refractivity contribution in [3.8, 4) is 0 Å². The molecule has 0 aliphatic carbocycles. The van der Waals surface area contributed by atoms with E-state index < -0.39 is 0 Å². The quantitative estimate of drug-likeness (QED) is 0.548. The third kappa shape index (κ3) is 2.63. The lowest BCUT2D eigenvalue weighted by molar-refractivity contribution is -0.140. The second kappa shape index (κ2) is 4.69. The van der Waals surface area contributed by atoms with E-state index in [1.54, 1.807) is 12.4 Å². The zero-order chi connectivity index (χ0) is 12.3. The van der Waals surface area contributed by atoms with Crippen LogP contribution in [0.2, 0.25) is 0 Å². The summed E-state index contributed by atoms with van der Waals surface area (Å²) < 4.78 is 6.24. The van der Waals surface area contributed by atoms with Crippen LogP contribution in [0.5, 0.6) is 0 Å². The summed E-state index contributed by atoms with van der Waals surface area (Å²) in [5, 5.41) is 3.90. The van der Waals surface area contributed by atoms with Crippen molar-refractivity contribution < 1.29 is 14.3 Å². The predicted molar refractivity (Wildman–Crippen MR) is 56.5 cm³/mol. The van der Waals surface area contributed by atoms with Crippen LogP contribution in [0.15, 0.2) is 12.4 Å². The lowest BCUT2D eigenvalue weighted by Gasteiger charge is -2.01. The fraction of sp³-hybridized carbons (Fsp3) is 0.300. The summed E-state index contributed by atoms with van der Waals surface area (Å²) >= 11 is 0. The van der Waals surface area contributed by atoms with Gasteiger partial charge in [-0.25, -0.2) is 9.50 Å². The number of carbonyl (C=O) groups excluding carboxylic acids is 2. The number of aromatic nitrogens is 4. The lowest BCUT2D eigenvalue weighted by Crippen LogP contribution is -2.04. The summed E-state index contributed by atoms with van der Waals surface area (Å²) in [6, 6.07) is 0. The van der Waals surface area contributed by atoms with Crippen LogP contribution in [0.25, 0.3) is 5.78 Å². The Labute approximate surface area is 96.4 Å². The van der Waals surface area contributed by atoms with Crippen LogP contribution in [-0.4, -0.2) is 38.4 Å². The molecule has 0 fully saturated rings. The lowest BCUT2D eigenvalue weighted by atomic mass is 10.2. The van der Waals surface area contributed by atoms with E-state index in [1.807, 2.05) is 0 Å². The highest BCUT2D eigenvalue weighted by molar-refractivity contribution is 5.69. The van der Waals surface area contributed by atoms with Crippen molar-refractivity contribution in [2.24, 2.45) is 0 Å².